The third-order valence-electron chi connectivity index (χ3n) is 3.56. The Morgan fingerprint density at radius 2 is 2.21 bits per heavy atom. The van der Waals surface area contributed by atoms with Gasteiger partial charge < -0.3 is 10.2 Å². The molecule has 106 valence electrons. The minimum Gasteiger partial charge on any atom is -0.354 e. The molecule has 1 heterocycles. The van der Waals surface area contributed by atoms with E-state index in [1.807, 2.05) is 6.20 Å². The molecule has 0 radical (unpaired) electrons. The topological polar surface area (TPSA) is 28.2 Å². The minimum atomic E-state index is 0.524. The first-order chi connectivity index (χ1) is 9.20. The summed E-state index contributed by atoms with van der Waals surface area (Å²) in [4.78, 5) is 7.08. The number of nitrogens with zero attached hydrogens (tertiary/aromatic N) is 2. The molecular formula is C16H27N3. The molecule has 0 saturated heterocycles. The van der Waals surface area contributed by atoms with Gasteiger partial charge in [-0.15, -0.1) is 0 Å². The Balaban J connectivity index is 2.02. The monoisotopic (exact) mass is 261 g/mol. The number of nitrogens with one attached hydrogen (secondary N) is 1. The maximum Gasteiger partial charge on any atom is 0.129 e. The van der Waals surface area contributed by atoms with Gasteiger partial charge in [0.15, 0.2) is 0 Å². The molecule has 0 amide bonds. The predicted octanol–water partition coefficient (Wildman–Crippen LogP) is 3.35. The quantitative estimate of drug-likeness (QED) is 0.778. The second kappa shape index (κ2) is 6.90. The third-order valence-corrected chi connectivity index (χ3v) is 3.56. The van der Waals surface area contributed by atoms with E-state index in [2.05, 4.69) is 48.1 Å². The molecular weight excluding hydrogens is 234 g/mol. The van der Waals surface area contributed by atoms with E-state index in [1.54, 1.807) is 0 Å². The lowest BCUT2D eigenvalue weighted by atomic mass is 10.2. The van der Waals surface area contributed by atoms with E-state index in [0.29, 0.717) is 6.04 Å². The summed E-state index contributed by atoms with van der Waals surface area (Å²) in [5.41, 5.74) is 1.33. The van der Waals surface area contributed by atoms with Gasteiger partial charge in [0.2, 0.25) is 0 Å². The van der Waals surface area contributed by atoms with Crippen LogP contribution in [0.25, 0.3) is 0 Å². The van der Waals surface area contributed by atoms with Crippen LogP contribution in [0.15, 0.2) is 18.3 Å². The molecule has 0 spiro atoms. The van der Waals surface area contributed by atoms with Gasteiger partial charge in [0.05, 0.1) is 0 Å². The van der Waals surface area contributed by atoms with Crippen LogP contribution in [0.4, 0.5) is 5.82 Å². The fourth-order valence-electron chi connectivity index (χ4n) is 2.25. The average molecular weight is 261 g/mol. The molecule has 1 aliphatic rings. The van der Waals surface area contributed by atoms with Crippen LogP contribution in [-0.2, 0) is 6.54 Å². The molecule has 1 saturated carbocycles. The lowest BCUT2D eigenvalue weighted by Gasteiger charge is -2.24. The first-order valence-electron chi connectivity index (χ1n) is 7.65. The maximum absolute atomic E-state index is 4.58. The van der Waals surface area contributed by atoms with Crippen molar-refractivity contribution < 1.29 is 0 Å². The Labute approximate surface area is 117 Å². The van der Waals surface area contributed by atoms with Crippen molar-refractivity contribution in [2.45, 2.75) is 65.1 Å². The second-order valence-electron chi connectivity index (χ2n) is 5.84. The second-order valence-corrected chi connectivity index (χ2v) is 5.84. The Morgan fingerprint density at radius 1 is 1.42 bits per heavy atom. The maximum atomic E-state index is 4.58. The molecule has 1 fully saturated rings. The van der Waals surface area contributed by atoms with Crippen LogP contribution in [-0.4, -0.2) is 23.6 Å². The van der Waals surface area contributed by atoms with Crippen molar-refractivity contribution in [2.75, 3.05) is 11.4 Å². The molecule has 0 bridgehead atoms. The van der Waals surface area contributed by atoms with Crippen molar-refractivity contribution in [3.63, 3.8) is 0 Å². The molecule has 3 heteroatoms. The Hall–Kier alpha value is -1.09. The molecule has 2 rings (SSSR count). The van der Waals surface area contributed by atoms with Gasteiger partial charge in [0.1, 0.15) is 5.82 Å². The van der Waals surface area contributed by atoms with Crippen LogP contribution in [0.1, 0.15) is 52.0 Å². The van der Waals surface area contributed by atoms with E-state index in [4.69, 9.17) is 0 Å². The molecule has 0 aliphatic heterocycles. The number of hydrogen-bond acceptors (Lipinski definition) is 3. The van der Waals surface area contributed by atoms with Crippen LogP contribution in [0.3, 0.4) is 0 Å². The number of hydrogen-bond donors (Lipinski definition) is 1. The fourth-order valence-corrected chi connectivity index (χ4v) is 2.25. The normalized spacial score (nSPS) is 14.9. The zero-order valence-corrected chi connectivity index (χ0v) is 12.5. The van der Waals surface area contributed by atoms with Crippen molar-refractivity contribution >= 4 is 5.82 Å². The summed E-state index contributed by atoms with van der Waals surface area (Å²) in [6, 6.07) is 5.64. The first kappa shape index (κ1) is 14.3. The van der Waals surface area contributed by atoms with Gasteiger partial charge in [-0.05, 0) is 37.0 Å². The van der Waals surface area contributed by atoms with E-state index in [9.17, 15) is 0 Å². The Morgan fingerprint density at radius 3 is 2.84 bits per heavy atom. The largest absolute Gasteiger partial charge is 0.354 e. The van der Waals surface area contributed by atoms with Gasteiger partial charge in [-0.1, -0.05) is 27.2 Å². The molecule has 0 atom stereocenters. The van der Waals surface area contributed by atoms with Crippen molar-refractivity contribution in [2.24, 2.45) is 0 Å². The zero-order valence-electron chi connectivity index (χ0n) is 12.5. The van der Waals surface area contributed by atoms with Crippen LogP contribution < -0.4 is 10.2 Å². The van der Waals surface area contributed by atoms with Gasteiger partial charge in [0, 0.05) is 31.4 Å². The van der Waals surface area contributed by atoms with Crippen LogP contribution >= 0.6 is 0 Å². The van der Waals surface area contributed by atoms with Gasteiger partial charge in [0.25, 0.3) is 0 Å². The molecule has 19 heavy (non-hydrogen) atoms. The Kier molecular flexibility index (Phi) is 5.20. The summed E-state index contributed by atoms with van der Waals surface area (Å²) in [5.74, 6) is 1.17. The minimum absolute atomic E-state index is 0.524. The smallest absolute Gasteiger partial charge is 0.129 e. The van der Waals surface area contributed by atoms with E-state index < -0.39 is 0 Å². The van der Waals surface area contributed by atoms with E-state index >= 15 is 0 Å². The van der Waals surface area contributed by atoms with Crippen LogP contribution in [0.5, 0.6) is 0 Å². The van der Waals surface area contributed by atoms with Gasteiger partial charge in [-0.3, -0.25) is 0 Å². The zero-order chi connectivity index (χ0) is 13.7. The van der Waals surface area contributed by atoms with E-state index in [-0.39, 0.29) is 0 Å². The number of anilines is 1. The highest BCUT2D eigenvalue weighted by molar-refractivity contribution is 5.43. The number of aromatic nitrogens is 1. The third kappa shape index (κ3) is 4.50. The number of unbranched alkanes of at least 4 members (excludes halogenated alkanes) is 1. The van der Waals surface area contributed by atoms with Crippen LogP contribution in [0, 0.1) is 0 Å². The number of pyridine rings is 1. The van der Waals surface area contributed by atoms with E-state index in [1.165, 1.54) is 37.1 Å². The summed E-state index contributed by atoms with van der Waals surface area (Å²) in [6.07, 6.45) is 7.12. The molecule has 3 nitrogen and oxygen atoms in total. The summed E-state index contributed by atoms with van der Waals surface area (Å²) in [6.45, 7) is 8.69. The molecule has 1 N–H and O–H groups in total. The molecule has 0 aromatic carbocycles. The van der Waals surface area contributed by atoms with Crippen molar-refractivity contribution in [3.8, 4) is 0 Å². The van der Waals surface area contributed by atoms with E-state index in [0.717, 1.165) is 19.1 Å². The molecule has 0 unspecified atom stereocenters. The highest BCUT2D eigenvalue weighted by Crippen LogP contribution is 2.31. The van der Waals surface area contributed by atoms with Gasteiger partial charge in [-0.25, -0.2) is 4.98 Å². The molecule has 1 aliphatic carbocycles. The highest BCUT2D eigenvalue weighted by Gasteiger charge is 2.29. The van der Waals surface area contributed by atoms with Crippen molar-refractivity contribution in [1.29, 1.82) is 0 Å². The van der Waals surface area contributed by atoms with Gasteiger partial charge >= 0.3 is 0 Å². The Bertz CT molecular complexity index is 385. The molecule has 1 aromatic rings. The average Bonchev–Trinajstić information content (AvgIpc) is 3.22. The number of rotatable bonds is 8. The van der Waals surface area contributed by atoms with Crippen LogP contribution in [0.2, 0.25) is 0 Å². The van der Waals surface area contributed by atoms with Crippen molar-refractivity contribution in [3.05, 3.63) is 23.9 Å². The summed E-state index contributed by atoms with van der Waals surface area (Å²) >= 11 is 0. The van der Waals surface area contributed by atoms with Crippen molar-refractivity contribution in [1.82, 2.24) is 10.3 Å². The van der Waals surface area contributed by atoms with Gasteiger partial charge in [-0.2, -0.15) is 0 Å². The predicted molar refractivity (Wildman–Crippen MR) is 81.5 cm³/mol. The molecule has 1 aromatic heterocycles. The lowest BCUT2D eigenvalue weighted by molar-refractivity contribution is 0.588. The lowest BCUT2D eigenvalue weighted by Crippen LogP contribution is -2.28. The summed E-state index contributed by atoms with van der Waals surface area (Å²) in [7, 11) is 0. The summed E-state index contributed by atoms with van der Waals surface area (Å²) < 4.78 is 0. The first-order valence-corrected chi connectivity index (χ1v) is 7.65. The highest BCUT2D eigenvalue weighted by atomic mass is 15.2. The SMILES string of the molecule is CCCCN(c1cc(CNC(C)C)ccn1)C1CC1. The standard InChI is InChI=1S/C16H27N3/c1-4-5-10-19(15-6-7-15)16-11-14(8-9-17-16)12-18-13(2)3/h8-9,11,13,15,18H,4-7,10,12H2,1-3H3. The fraction of sp³-hybridized carbons (Fsp3) is 0.688. The summed E-state index contributed by atoms with van der Waals surface area (Å²) in [5, 5.41) is 3.47.